The Labute approximate surface area is 194 Å². The number of hydrogen-bond acceptors (Lipinski definition) is 8. The molecule has 5 rings (SSSR count). The number of thioether (sulfide) groups is 1. The number of amides is 1. The predicted molar refractivity (Wildman–Crippen MR) is 127 cm³/mol. The number of likely N-dealkylation sites (tertiary alicyclic amines) is 1. The third-order valence-electron chi connectivity index (χ3n) is 6.54. The number of carbonyl (C=O) groups excluding carboxylic acids is 1. The van der Waals surface area contributed by atoms with Crippen LogP contribution >= 0.6 is 11.8 Å². The molecule has 0 aromatic heterocycles. The Morgan fingerprint density at radius 3 is 2.81 bits per heavy atom. The molecule has 0 spiro atoms. The van der Waals surface area contributed by atoms with Crippen molar-refractivity contribution in [3.63, 3.8) is 0 Å². The lowest BCUT2D eigenvalue weighted by Crippen LogP contribution is -2.54. The Kier molecular flexibility index (Phi) is 6.45. The summed E-state index contributed by atoms with van der Waals surface area (Å²) in [7, 11) is 0. The zero-order valence-electron chi connectivity index (χ0n) is 18.6. The van der Waals surface area contributed by atoms with E-state index in [9.17, 15) is 4.79 Å². The van der Waals surface area contributed by atoms with E-state index in [0.29, 0.717) is 5.75 Å². The molecule has 2 saturated heterocycles. The molecule has 0 bridgehead atoms. The van der Waals surface area contributed by atoms with Crippen LogP contribution in [0, 0.1) is 0 Å². The van der Waals surface area contributed by atoms with Gasteiger partial charge < -0.3 is 19.5 Å². The molecule has 1 amide bonds. The van der Waals surface area contributed by atoms with E-state index in [1.807, 2.05) is 11.1 Å². The smallest absolute Gasteiger partial charge is 0.233 e. The standard InChI is InChI=1S/C23H32N6O2S/c1-2-3-14-31-18-8-6-17(7-9-18)19-15-20-22-24-25-23(28(22)12-13-29(20)26-19)32-16-21(30)27-10-4-5-11-27/h6-9,12-13,19-20,22,24,26H,2-5,10-11,14-16H2,1H3. The van der Waals surface area contributed by atoms with Crippen molar-refractivity contribution >= 4 is 22.8 Å². The number of unbranched alkanes of at least 4 members (excludes halogenated alkanes) is 1. The SMILES string of the molecule is CCCCOc1ccc(C2CC3C4NN=C(SCC(=O)N5CCCC5)N4C=CN3N2)cc1. The molecule has 0 saturated carbocycles. The van der Waals surface area contributed by atoms with Gasteiger partial charge in [0.25, 0.3) is 0 Å². The van der Waals surface area contributed by atoms with Gasteiger partial charge in [0, 0.05) is 25.5 Å². The van der Waals surface area contributed by atoms with E-state index < -0.39 is 0 Å². The van der Waals surface area contributed by atoms with Crippen LogP contribution < -0.4 is 15.6 Å². The van der Waals surface area contributed by atoms with Gasteiger partial charge in [0.2, 0.25) is 5.91 Å². The molecule has 3 unspecified atom stereocenters. The van der Waals surface area contributed by atoms with Crippen LogP contribution in [0.5, 0.6) is 5.75 Å². The van der Waals surface area contributed by atoms with E-state index in [1.54, 1.807) is 0 Å². The topological polar surface area (TPSA) is 72.4 Å². The van der Waals surface area contributed by atoms with Gasteiger partial charge >= 0.3 is 0 Å². The molecule has 172 valence electrons. The molecule has 9 heteroatoms. The molecule has 32 heavy (non-hydrogen) atoms. The number of nitrogens with one attached hydrogen (secondary N) is 2. The zero-order valence-corrected chi connectivity index (χ0v) is 19.4. The summed E-state index contributed by atoms with van der Waals surface area (Å²) in [6.45, 7) is 4.73. The van der Waals surface area contributed by atoms with Crippen molar-refractivity contribution in [2.45, 2.75) is 57.3 Å². The Hall–Kier alpha value is -2.39. The fraction of sp³-hybridized carbons (Fsp3) is 0.565. The first-order valence-corrected chi connectivity index (χ1v) is 12.7. The minimum atomic E-state index is 0.0681. The molecule has 1 aromatic rings. The number of nitrogens with zero attached hydrogens (tertiary/aromatic N) is 4. The number of fused-ring (bicyclic) bond motifs is 3. The number of hydrazone groups is 1. The van der Waals surface area contributed by atoms with Crippen LogP contribution in [0.15, 0.2) is 41.8 Å². The molecule has 0 radical (unpaired) electrons. The molecule has 4 heterocycles. The maximum Gasteiger partial charge on any atom is 0.233 e. The van der Waals surface area contributed by atoms with Gasteiger partial charge in [-0.15, -0.1) is 0 Å². The number of carbonyl (C=O) groups is 1. The largest absolute Gasteiger partial charge is 0.494 e. The minimum Gasteiger partial charge on any atom is -0.494 e. The fourth-order valence-electron chi connectivity index (χ4n) is 4.68. The third-order valence-corrected chi connectivity index (χ3v) is 7.49. The van der Waals surface area contributed by atoms with Crippen molar-refractivity contribution in [3.8, 4) is 5.75 Å². The highest BCUT2D eigenvalue weighted by Crippen LogP contribution is 2.35. The molecule has 2 fully saturated rings. The van der Waals surface area contributed by atoms with Crippen LogP contribution in [-0.2, 0) is 4.79 Å². The molecule has 4 aliphatic heterocycles. The summed E-state index contributed by atoms with van der Waals surface area (Å²) < 4.78 is 5.80. The lowest BCUT2D eigenvalue weighted by molar-refractivity contribution is -0.127. The van der Waals surface area contributed by atoms with Gasteiger partial charge in [-0.3, -0.25) is 10.2 Å². The Balaban J connectivity index is 1.16. The maximum absolute atomic E-state index is 12.4. The van der Waals surface area contributed by atoms with Crippen LogP contribution in [0.2, 0.25) is 0 Å². The number of benzene rings is 1. The van der Waals surface area contributed by atoms with Gasteiger partial charge in [0.1, 0.15) is 11.9 Å². The zero-order chi connectivity index (χ0) is 21.9. The van der Waals surface area contributed by atoms with Gasteiger partial charge in [0.05, 0.1) is 24.4 Å². The van der Waals surface area contributed by atoms with E-state index in [0.717, 1.165) is 62.7 Å². The van der Waals surface area contributed by atoms with Crippen LogP contribution in [-0.4, -0.2) is 63.5 Å². The Bertz CT molecular complexity index is 870. The predicted octanol–water partition coefficient (Wildman–Crippen LogP) is 2.83. The van der Waals surface area contributed by atoms with Gasteiger partial charge in [-0.05, 0) is 43.4 Å². The summed E-state index contributed by atoms with van der Waals surface area (Å²) in [5.74, 6) is 1.59. The van der Waals surface area contributed by atoms with Crippen LogP contribution in [0.4, 0.5) is 0 Å². The highest BCUT2D eigenvalue weighted by Gasteiger charge is 2.44. The Morgan fingerprint density at radius 2 is 2.03 bits per heavy atom. The van der Waals surface area contributed by atoms with Crippen molar-refractivity contribution < 1.29 is 9.53 Å². The van der Waals surface area contributed by atoms with E-state index in [1.165, 1.54) is 17.3 Å². The highest BCUT2D eigenvalue weighted by atomic mass is 32.2. The molecule has 3 atom stereocenters. The number of hydrazine groups is 1. The number of hydrogen-bond donors (Lipinski definition) is 2. The average Bonchev–Trinajstić information content (AvgIpc) is 3.57. The van der Waals surface area contributed by atoms with Gasteiger partial charge in [-0.2, -0.15) is 5.10 Å². The van der Waals surface area contributed by atoms with Crippen LogP contribution in [0.1, 0.15) is 50.6 Å². The van der Waals surface area contributed by atoms with Crippen molar-refractivity contribution in [2.75, 3.05) is 25.4 Å². The second-order valence-corrected chi connectivity index (χ2v) is 9.66. The Morgan fingerprint density at radius 1 is 1.22 bits per heavy atom. The first kappa shape index (κ1) is 21.5. The molecular weight excluding hydrogens is 424 g/mol. The van der Waals surface area contributed by atoms with Gasteiger partial charge in [-0.25, -0.2) is 5.43 Å². The number of ether oxygens (including phenoxy) is 1. The average molecular weight is 457 g/mol. The van der Waals surface area contributed by atoms with Gasteiger partial charge in [0.15, 0.2) is 5.17 Å². The molecule has 0 aliphatic carbocycles. The normalized spacial score (nSPS) is 26.1. The number of amidine groups is 1. The molecule has 4 aliphatic rings. The molecule has 1 aromatic carbocycles. The maximum atomic E-state index is 12.4. The van der Waals surface area contributed by atoms with E-state index in [2.05, 4.69) is 63.3 Å². The van der Waals surface area contributed by atoms with Gasteiger partial charge in [-0.1, -0.05) is 37.2 Å². The third kappa shape index (κ3) is 4.41. The first-order chi connectivity index (χ1) is 15.7. The minimum absolute atomic E-state index is 0.0681. The summed E-state index contributed by atoms with van der Waals surface area (Å²) in [5, 5.41) is 7.60. The first-order valence-electron chi connectivity index (χ1n) is 11.7. The second kappa shape index (κ2) is 9.62. The van der Waals surface area contributed by atoms with E-state index in [-0.39, 0.29) is 24.2 Å². The van der Waals surface area contributed by atoms with Crippen LogP contribution in [0.25, 0.3) is 0 Å². The summed E-state index contributed by atoms with van der Waals surface area (Å²) in [4.78, 5) is 16.5. The summed E-state index contributed by atoms with van der Waals surface area (Å²) in [6, 6.07) is 8.93. The molecule has 8 nitrogen and oxygen atoms in total. The van der Waals surface area contributed by atoms with Crippen molar-refractivity contribution in [1.29, 1.82) is 0 Å². The van der Waals surface area contributed by atoms with Crippen molar-refractivity contribution in [3.05, 3.63) is 42.2 Å². The quantitative estimate of drug-likeness (QED) is 0.612. The number of rotatable bonds is 7. The van der Waals surface area contributed by atoms with E-state index in [4.69, 9.17) is 4.74 Å². The van der Waals surface area contributed by atoms with Crippen LogP contribution in [0.3, 0.4) is 0 Å². The lowest BCUT2D eigenvalue weighted by atomic mass is 10.00. The summed E-state index contributed by atoms with van der Waals surface area (Å²) >= 11 is 1.52. The highest BCUT2D eigenvalue weighted by molar-refractivity contribution is 8.14. The monoisotopic (exact) mass is 456 g/mol. The van der Waals surface area contributed by atoms with E-state index >= 15 is 0 Å². The molecule has 2 N–H and O–H groups in total. The van der Waals surface area contributed by atoms with Crippen molar-refractivity contribution in [2.24, 2.45) is 5.10 Å². The summed E-state index contributed by atoms with van der Waals surface area (Å²) in [6.07, 6.45) is 9.62. The fourth-order valence-corrected chi connectivity index (χ4v) is 5.56. The lowest BCUT2D eigenvalue weighted by Gasteiger charge is -2.36. The molecular formula is C23H32N6O2S. The second-order valence-electron chi connectivity index (χ2n) is 8.71. The van der Waals surface area contributed by atoms with Crippen molar-refractivity contribution in [1.82, 2.24) is 25.7 Å². The summed E-state index contributed by atoms with van der Waals surface area (Å²) in [5.41, 5.74) is 8.17.